The molecule has 0 aromatic rings. The molecule has 1 rings (SSSR count). The smallest absolute Gasteiger partial charge is 0.0627 e. The third-order valence-corrected chi connectivity index (χ3v) is 2.34. The summed E-state index contributed by atoms with van der Waals surface area (Å²) in [5.41, 5.74) is 0.106. The Morgan fingerprint density at radius 2 is 2.08 bits per heavy atom. The highest BCUT2D eigenvalue weighted by Gasteiger charge is 2.27. The molecule has 1 aliphatic rings. The van der Waals surface area contributed by atoms with Gasteiger partial charge in [0.1, 0.15) is 0 Å². The van der Waals surface area contributed by atoms with Gasteiger partial charge in [0.25, 0.3) is 0 Å². The van der Waals surface area contributed by atoms with Gasteiger partial charge in [-0.3, -0.25) is 0 Å². The Balaban J connectivity index is 2.27. The zero-order valence-corrected chi connectivity index (χ0v) is 8.68. The Morgan fingerprint density at radius 1 is 1.42 bits per heavy atom. The van der Waals surface area contributed by atoms with E-state index >= 15 is 0 Å². The van der Waals surface area contributed by atoms with Crippen LogP contribution in [0.1, 0.15) is 40.5 Å². The molecule has 2 nitrogen and oxygen atoms in total. The van der Waals surface area contributed by atoms with Crippen molar-refractivity contribution in [3.05, 3.63) is 0 Å². The van der Waals surface area contributed by atoms with Gasteiger partial charge in [0.2, 0.25) is 0 Å². The Kier molecular flexibility index (Phi) is 3.13. The summed E-state index contributed by atoms with van der Waals surface area (Å²) in [6, 6.07) is 1.14. The minimum absolute atomic E-state index is 0.106. The summed E-state index contributed by atoms with van der Waals surface area (Å²) in [5.74, 6) is 0. The summed E-state index contributed by atoms with van der Waals surface area (Å²) in [5, 5.41) is 3.49. The van der Waals surface area contributed by atoms with Crippen LogP contribution in [0.4, 0.5) is 0 Å². The Labute approximate surface area is 75.7 Å². The summed E-state index contributed by atoms with van der Waals surface area (Å²) in [4.78, 5) is 0. The summed E-state index contributed by atoms with van der Waals surface area (Å²) >= 11 is 0. The van der Waals surface area contributed by atoms with Crippen molar-refractivity contribution in [2.75, 3.05) is 6.61 Å². The van der Waals surface area contributed by atoms with E-state index in [4.69, 9.17) is 4.74 Å². The molecule has 0 saturated carbocycles. The van der Waals surface area contributed by atoms with Gasteiger partial charge in [-0.25, -0.2) is 0 Å². The van der Waals surface area contributed by atoms with Crippen LogP contribution >= 0.6 is 0 Å². The van der Waals surface area contributed by atoms with Gasteiger partial charge >= 0.3 is 0 Å². The first kappa shape index (κ1) is 10.0. The maximum Gasteiger partial charge on any atom is 0.0627 e. The van der Waals surface area contributed by atoms with Crippen molar-refractivity contribution in [2.45, 2.75) is 58.2 Å². The normalized spacial score (nSPS) is 29.2. The van der Waals surface area contributed by atoms with Gasteiger partial charge in [0.05, 0.1) is 12.2 Å². The van der Waals surface area contributed by atoms with Crippen LogP contribution in [0, 0.1) is 0 Å². The second-order valence-corrected chi connectivity index (χ2v) is 4.63. The predicted molar refractivity (Wildman–Crippen MR) is 51.3 cm³/mol. The standard InChI is InChI=1S/C10H21NO/c1-8(2)11-9-5-6-10(3,4)12-7-9/h8-9,11H,5-7H2,1-4H3. The molecule has 0 bridgehead atoms. The van der Waals surface area contributed by atoms with E-state index in [0.29, 0.717) is 12.1 Å². The van der Waals surface area contributed by atoms with Crippen LogP contribution < -0.4 is 5.32 Å². The van der Waals surface area contributed by atoms with Crippen LogP contribution in [0.3, 0.4) is 0 Å². The fourth-order valence-corrected chi connectivity index (χ4v) is 1.61. The van der Waals surface area contributed by atoms with E-state index in [1.807, 2.05) is 0 Å². The van der Waals surface area contributed by atoms with Crippen LogP contribution in [0.2, 0.25) is 0 Å². The van der Waals surface area contributed by atoms with Crippen molar-refractivity contribution in [3.63, 3.8) is 0 Å². The molecule has 1 atom stereocenters. The van der Waals surface area contributed by atoms with E-state index in [1.54, 1.807) is 0 Å². The lowest BCUT2D eigenvalue weighted by Crippen LogP contribution is -2.45. The van der Waals surface area contributed by atoms with Gasteiger partial charge in [-0.1, -0.05) is 13.8 Å². The van der Waals surface area contributed by atoms with Crippen molar-refractivity contribution in [3.8, 4) is 0 Å². The second-order valence-electron chi connectivity index (χ2n) is 4.63. The molecule has 0 aromatic heterocycles. The predicted octanol–water partition coefficient (Wildman–Crippen LogP) is 1.94. The summed E-state index contributed by atoms with van der Waals surface area (Å²) in [6.07, 6.45) is 2.41. The Morgan fingerprint density at radius 3 is 2.50 bits per heavy atom. The molecular formula is C10H21NO. The Bertz CT molecular complexity index is 133. The summed E-state index contributed by atoms with van der Waals surface area (Å²) < 4.78 is 5.72. The van der Waals surface area contributed by atoms with E-state index < -0.39 is 0 Å². The highest BCUT2D eigenvalue weighted by molar-refractivity contribution is 4.81. The van der Waals surface area contributed by atoms with Gasteiger partial charge < -0.3 is 10.1 Å². The third kappa shape index (κ3) is 3.11. The average molecular weight is 171 g/mol. The first-order chi connectivity index (χ1) is 5.49. The van der Waals surface area contributed by atoms with Gasteiger partial charge in [-0.2, -0.15) is 0 Å². The molecule has 72 valence electrons. The third-order valence-electron chi connectivity index (χ3n) is 2.34. The number of rotatable bonds is 2. The highest BCUT2D eigenvalue weighted by atomic mass is 16.5. The molecule has 12 heavy (non-hydrogen) atoms. The second kappa shape index (κ2) is 3.75. The van der Waals surface area contributed by atoms with Gasteiger partial charge in [-0.05, 0) is 26.7 Å². The maximum absolute atomic E-state index is 5.72. The van der Waals surface area contributed by atoms with E-state index in [2.05, 4.69) is 33.0 Å². The zero-order chi connectivity index (χ0) is 9.19. The van der Waals surface area contributed by atoms with E-state index in [-0.39, 0.29) is 5.60 Å². The molecule has 2 heteroatoms. The SMILES string of the molecule is CC(C)NC1CCC(C)(C)OC1. The summed E-state index contributed by atoms with van der Waals surface area (Å²) in [7, 11) is 0. The van der Waals surface area contributed by atoms with E-state index in [0.717, 1.165) is 13.0 Å². The molecule has 0 radical (unpaired) electrons. The Hall–Kier alpha value is -0.0800. The molecule has 0 spiro atoms. The van der Waals surface area contributed by atoms with Gasteiger partial charge in [-0.15, -0.1) is 0 Å². The lowest BCUT2D eigenvalue weighted by molar-refractivity contribution is -0.0663. The largest absolute Gasteiger partial charge is 0.374 e. The molecule has 1 aliphatic heterocycles. The minimum Gasteiger partial charge on any atom is -0.374 e. The number of hydrogen-bond acceptors (Lipinski definition) is 2. The van der Waals surface area contributed by atoms with E-state index in [1.165, 1.54) is 6.42 Å². The molecule has 1 fully saturated rings. The van der Waals surface area contributed by atoms with Gasteiger partial charge in [0, 0.05) is 12.1 Å². The van der Waals surface area contributed by atoms with E-state index in [9.17, 15) is 0 Å². The fraction of sp³-hybridized carbons (Fsp3) is 1.00. The van der Waals surface area contributed by atoms with Gasteiger partial charge in [0.15, 0.2) is 0 Å². The van der Waals surface area contributed by atoms with Crippen molar-refractivity contribution < 1.29 is 4.74 Å². The molecule has 0 aliphatic carbocycles. The fourth-order valence-electron chi connectivity index (χ4n) is 1.61. The maximum atomic E-state index is 5.72. The first-order valence-electron chi connectivity index (χ1n) is 4.89. The molecule has 0 amide bonds. The van der Waals surface area contributed by atoms with Crippen LogP contribution in [0.5, 0.6) is 0 Å². The van der Waals surface area contributed by atoms with Crippen LogP contribution in [-0.4, -0.2) is 24.3 Å². The number of hydrogen-bond donors (Lipinski definition) is 1. The molecule has 1 saturated heterocycles. The molecule has 1 N–H and O–H groups in total. The van der Waals surface area contributed by atoms with Crippen molar-refractivity contribution in [2.24, 2.45) is 0 Å². The molecule has 1 heterocycles. The quantitative estimate of drug-likeness (QED) is 0.685. The number of nitrogens with one attached hydrogen (secondary N) is 1. The van der Waals surface area contributed by atoms with Crippen LogP contribution in [-0.2, 0) is 4.74 Å². The molecular weight excluding hydrogens is 150 g/mol. The lowest BCUT2D eigenvalue weighted by Gasteiger charge is -2.35. The topological polar surface area (TPSA) is 21.3 Å². The van der Waals surface area contributed by atoms with Crippen molar-refractivity contribution >= 4 is 0 Å². The lowest BCUT2D eigenvalue weighted by atomic mass is 9.95. The van der Waals surface area contributed by atoms with Crippen molar-refractivity contribution in [1.29, 1.82) is 0 Å². The monoisotopic (exact) mass is 171 g/mol. The zero-order valence-electron chi connectivity index (χ0n) is 8.68. The summed E-state index contributed by atoms with van der Waals surface area (Å²) in [6.45, 7) is 9.56. The molecule has 0 aromatic carbocycles. The highest BCUT2D eigenvalue weighted by Crippen LogP contribution is 2.23. The average Bonchev–Trinajstić information content (AvgIpc) is 1.93. The van der Waals surface area contributed by atoms with Crippen LogP contribution in [0.15, 0.2) is 0 Å². The number of ether oxygens (including phenoxy) is 1. The van der Waals surface area contributed by atoms with Crippen molar-refractivity contribution in [1.82, 2.24) is 5.32 Å². The first-order valence-corrected chi connectivity index (χ1v) is 4.89. The minimum atomic E-state index is 0.106. The molecule has 1 unspecified atom stereocenters. The van der Waals surface area contributed by atoms with Crippen LogP contribution in [0.25, 0.3) is 0 Å².